The highest BCUT2D eigenvalue weighted by molar-refractivity contribution is 5.90. The molecule has 1 N–H and O–H groups in total. The average molecular weight is 440 g/mol. The van der Waals surface area contributed by atoms with Gasteiger partial charge in [0.2, 0.25) is 11.7 Å². The molecule has 0 unspecified atom stereocenters. The third-order valence-corrected chi connectivity index (χ3v) is 5.13. The number of nitrogens with one attached hydrogen (secondary N) is 1. The number of amidine groups is 1. The Hall–Kier alpha value is -3.75. The number of fused-ring (bicyclic) bond motifs is 1. The average Bonchev–Trinajstić information content (AvgIpc) is 2.77. The molecule has 0 fully saturated rings. The summed E-state index contributed by atoms with van der Waals surface area (Å²) in [5, 5.41) is 0.304. The molecule has 1 aromatic heterocycles. The van der Waals surface area contributed by atoms with E-state index in [0.29, 0.717) is 34.9 Å². The van der Waals surface area contributed by atoms with E-state index in [1.165, 1.54) is 21.3 Å². The molecule has 0 atom stereocenters. The molecule has 0 aliphatic heterocycles. The maximum Gasteiger partial charge on any atom is 0.286 e. The number of hydrogen-bond donors (Lipinski definition) is 1. The molecule has 0 saturated carbocycles. The number of nitrogens with zero attached hydrogens (tertiary/aromatic N) is 4. The van der Waals surface area contributed by atoms with Crippen molar-refractivity contribution in [2.45, 2.75) is 13.5 Å². The summed E-state index contributed by atoms with van der Waals surface area (Å²) in [4.78, 5) is 28.8. The maximum atomic E-state index is 12.9. The molecule has 170 valence electrons. The van der Waals surface area contributed by atoms with E-state index in [0.717, 1.165) is 17.1 Å². The molecule has 0 saturated heterocycles. The van der Waals surface area contributed by atoms with Crippen LogP contribution >= 0.6 is 0 Å². The predicted octanol–water partition coefficient (Wildman–Crippen LogP) is 3.20. The summed E-state index contributed by atoms with van der Waals surface area (Å²) in [6, 6.07) is 9.65. The molecule has 0 aliphatic carbocycles. The van der Waals surface area contributed by atoms with Crippen LogP contribution in [0.1, 0.15) is 12.5 Å². The Bertz CT molecular complexity index is 1200. The van der Waals surface area contributed by atoms with Gasteiger partial charge in [0.1, 0.15) is 11.2 Å². The zero-order valence-corrected chi connectivity index (χ0v) is 19.5. The minimum Gasteiger partial charge on any atom is -0.493 e. The highest BCUT2D eigenvalue weighted by atomic mass is 16.5. The van der Waals surface area contributed by atoms with E-state index in [1.807, 2.05) is 62.1 Å². The van der Waals surface area contributed by atoms with Crippen LogP contribution in [0.3, 0.4) is 0 Å². The minimum atomic E-state index is -0.418. The second-order valence-electron chi connectivity index (χ2n) is 7.51. The summed E-state index contributed by atoms with van der Waals surface area (Å²) < 4.78 is 16.2. The summed E-state index contributed by atoms with van der Waals surface area (Å²) in [6.45, 7) is 2.49. The van der Waals surface area contributed by atoms with Crippen molar-refractivity contribution in [2.24, 2.45) is 4.99 Å². The summed E-state index contributed by atoms with van der Waals surface area (Å²) in [6.07, 6.45) is 0. The van der Waals surface area contributed by atoms with Gasteiger partial charge in [-0.05, 0) is 24.6 Å². The topological polar surface area (TPSA) is 92.3 Å². The van der Waals surface area contributed by atoms with Crippen LogP contribution in [-0.2, 0) is 6.54 Å². The number of methoxy groups -OCH3 is 3. The molecule has 2 aromatic carbocycles. The van der Waals surface area contributed by atoms with E-state index in [9.17, 15) is 4.79 Å². The number of benzene rings is 2. The van der Waals surface area contributed by atoms with Crippen LogP contribution in [0.2, 0.25) is 0 Å². The van der Waals surface area contributed by atoms with Gasteiger partial charge in [-0.2, -0.15) is 4.98 Å². The molecule has 9 heteroatoms. The van der Waals surface area contributed by atoms with Crippen molar-refractivity contribution in [3.63, 3.8) is 0 Å². The standard InChI is InChI=1S/C23H29N5O4/c1-14(27(2)3)24-16-10-8-9-15(11-16)13-28(4)23-25-17-12-18(30-5)20(31-6)21(32-7)19(17)22(29)26-23/h8-12H,13H2,1-7H3,(H,25,26,29)/b24-14+. The summed E-state index contributed by atoms with van der Waals surface area (Å²) in [5.74, 6) is 2.42. The van der Waals surface area contributed by atoms with E-state index in [1.54, 1.807) is 6.07 Å². The van der Waals surface area contributed by atoms with Crippen LogP contribution in [0.5, 0.6) is 17.2 Å². The van der Waals surface area contributed by atoms with Crippen molar-refractivity contribution in [1.29, 1.82) is 0 Å². The van der Waals surface area contributed by atoms with Gasteiger partial charge in [-0.15, -0.1) is 0 Å². The van der Waals surface area contributed by atoms with Crippen molar-refractivity contribution in [3.8, 4) is 17.2 Å². The normalized spacial score (nSPS) is 11.4. The van der Waals surface area contributed by atoms with Crippen LogP contribution in [-0.4, -0.2) is 63.2 Å². The highest BCUT2D eigenvalue weighted by Crippen LogP contribution is 2.41. The molecule has 3 aromatic rings. The quantitative estimate of drug-likeness (QED) is 0.446. The molecule has 9 nitrogen and oxygen atoms in total. The first-order valence-electron chi connectivity index (χ1n) is 10.0. The van der Waals surface area contributed by atoms with Crippen LogP contribution in [0.25, 0.3) is 10.9 Å². The second kappa shape index (κ2) is 9.59. The fourth-order valence-electron chi connectivity index (χ4n) is 3.31. The van der Waals surface area contributed by atoms with Crippen molar-refractivity contribution >= 4 is 28.4 Å². The number of anilines is 1. The van der Waals surface area contributed by atoms with Gasteiger partial charge in [0, 0.05) is 33.8 Å². The fourth-order valence-corrected chi connectivity index (χ4v) is 3.31. The number of aromatic amines is 1. The van der Waals surface area contributed by atoms with Gasteiger partial charge in [-0.1, -0.05) is 12.1 Å². The van der Waals surface area contributed by atoms with Gasteiger partial charge in [0.05, 0.1) is 32.5 Å². The Kier molecular flexibility index (Phi) is 6.87. The van der Waals surface area contributed by atoms with Gasteiger partial charge >= 0.3 is 0 Å². The van der Waals surface area contributed by atoms with Crippen LogP contribution in [0.4, 0.5) is 11.6 Å². The Morgan fingerprint density at radius 3 is 2.41 bits per heavy atom. The molecule has 1 heterocycles. The lowest BCUT2D eigenvalue weighted by atomic mass is 10.2. The third-order valence-electron chi connectivity index (χ3n) is 5.13. The SMILES string of the molecule is COc1cc2[nH]c(N(C)Cc3cccc(/N=C(\C)N(C)C)c3)nc(=O)c2c(OC)c1OC. The zero-order valence-electron chi connectivity index (χ0n) is 19.5. The second-order valence-corrected chi connectivity index (χ2v) is 7.51. The zero-order chi connectivity index (χ0) is 23.4. The summed E-state index contributed by atoms with van der Waals surface area (Å²) in [5.41, 5.74) is 2.02. The number of aliphatic imine (C=N–C) groups is 1. The van der Waals surface area contributed by atoms with Crippen molar-refractivity contribution in [3.05, 3.63) is 46.2 Å². The first-order chi connectivity index (χ1) is 15.3. The fraction of sp³-hybridized carbons (Fsp3) is 0.348. The Morgan fingerprint density at radius 2 is 1.78 bits per heavy atom. The van der Waals surface area contributed by atoms with Gasteiger partial charge in [0.25, 0.3) is 5.56 Å². The van der Waals surface area contributed by atoms with Crippen molar-refractivity contribution in [2.75, 3.05) is 47.4 Å². The van der Waals surface area contributed by atoms with Gasteiger partial charge in [0.15, 0.2) is 11.5 Å². The van der Waals surface area contributed by atoms with E-state index < -0.39 is 5.56 Å². The first-order valence-corrected chi connectivity index (χ1v) is 10.0. The van der Waals surface area contributed by atoms with Crippen LogP contribution < -0.4 is 24.7 Å². The molecule has 3 rings (SSSR count). The monoisotopic (exact) mass is 439 g/mol. The van der Waals surface area contributed by atoms with E-state index in [2.05, 4.69) is 15.0 Å². The smallest absolute Gasteiger partial charge is 0.286 e. The number of rotatable bonds is 7. The number of H-pyrrole nitrogens is 1. The lowest BCUT2D eigenvalue weighted by Crippen LogP contribution is -2.23. The molecule has 0 amide bonds. The lowest BCUT2D eigenvalue weighted by molar-refractivity contribution is 0.327. The molecular formula is C23H29N5O4. The van der Waals surface area contributed by atoms with Gasteiger partial charge < -0.3 is 29.0 Å². The van der Waals surface area contributed by atoms with Crippen molar-refractivity contribution < 1.29 is 14.2 Å². The Morgan fingerprint density at radius 1 is 1.06 bits per heavy atom. The first kappa shape index (κ1) is 22.9. The Labute approximate surface area is 187 Å². The van der Waals surface area contributed by atoms with Crippen LogP contribution in [0.15, 0.2) is 40.1 Å². The van der Waals surface area contributed by atoms with Gasteiger partial charge in [-0.3, -0.25) is 4.79 Å². The van der Waals surface area contributed by atoms with E-state index >= 15 is 0 Å². The third kappa shape index (κ3) is 4.61. The van der Waals surface area contributed by atoms with Gasteiger partial charge in [-0.25, -0.2) is 4.99 Å². The Balaban J connectivity index is 1.98. The van der Waals surface area contributed by atoms with E-state index in [-0.39, 0.29) is 5.75 Å². The largest absolute Gasteiger partial charge is 0.493 e. The molecule has 0 bridgehead atoms. The summed E-state index contributed by atoms with van der Waals surface area (Å²) in [7, 11) is 10.3. The minimum absolute atomic E-state index is 0.284. The molecule has 0 spiro atoms. The summed E-state index contributed by atoms with van der Waals surface area (Å²) >= 11 is 0. The molecular weight excluding hydrogens is 410 g/mol. The molecule has 32 heavy (non-hydrogen) atoms. The number of aromatic nitrogens is 2. The van der Waals surface area contributed by atoms with Crippen LogP contribution in [0, 0.1) is 0 Å². The van der Waals surface area contributed by atoms with E-state index in [4.69, 9.17) is 14.2 Å². The molecule has 0 radical (unpaired) electrons. The molecule has 0 aliphatic rings. The predicted molar refractivity (Wildman–Crippen MR) is 127 cm³/mol. The highest BCUT2D eigenvalue weighted by Gasteiger charge is 2.20. The number of hydrogen-bond acceptors (Lipinski definition) is 7. The lowest BCUT2D eigenvalue weighted by Gasteiger charge is -2.20. The maximum absolute atomic E-state index is 12.9. The van der Waals surface area contributed by atoms with Crippen molar-refractivity contribution in [1.82, 2.24) is 14.9 Å². The number of ether oxygens (including phenoxy) is 3.